The molecular formula is C16H19N3O2. The zero-order valence-corrected chi connectivity index (χ0v) is 11.9. The van der Waals surface area contributed by atoms with Gasteiger partial charge in [0.1, 0.15) is 0 Å². The van der Waals surface area contributed by atoms with Gasteiger partial charge in [-0.15, -0.1) is 0 Å². The van der Waals surface area contributed by atoms with Crippen LogP contribution in [0.2, 0.25) is 0 Å². The Morgan fingerprint density at radius 1 is 1.19 bits per heavy atom. The largest absolute Gasteiger partial charge is 0.478 e. The normalized spacial score (nSPS) is 18.6. The van der Waals surface area contributed by atoms with Crippen LogP contribution in [0.4, 0.5) is 0 Å². The van der Waals surface area contributed by atoms with Crippen molar-refractivity contribution >= 4 is 5.97 Å². The molecule has 1 aliphatic carbocycles. The molecule has 0 radical (unpaired) electrons. The number of aromatic amines is 1. The van der Waals surface area contributed by atoms with Crippen molar-refractivity contribution in [1.29, 1.82) is 0 Å². The monoisotopic (exact) mass is 285 g/mol. The van der Waals surface area contributed by atoms with Gasteiger partial charge in [-0.05, 0) is 43.4 Å². The van der Waals surface area contributed by atoms with Crippen molar-refractivity contribution in [3.63, 3.8) is 0 Å². The Balaban J connectivity index is 1.79. The Labute approximate surface area is 123 Å². The predicted octanol–water partition coefficient (Wildman–Crippen LogP) is 2.95. The van der Waals surface area contributed by atoms with Gasteiger partial charge >= 0.3 is 5.97 Å². The number of carbonyl (C=O) groups is 1. The van der Waals surface area contributed by atoms with E-state index in [0.717, 1.165) is 36.2 Å². The van der Waals surface area contributed by atoms with E-state index in [1.165, 1.54) is 19.3 Å². The van der Waals surface area contributed by atoms with Crippen molar-refractivity contribution in [2.75, 3.05) is 0 Å². The van der Waals surface area contributed by atoms with Crippen LogP contribution in [-0.2, 0) is 12.8 Å². The summed E-state index contributed by atoms with van der Waals surface area (Å²) < 4.78 is 0. The lowest BCUT2D eigenvalue weighted by Gasteiger charge is -2.18. The first-order valence-corrected chi connectivity index (χ1v) is 7.46. The number of rotatable bonds is 3. The standard InChI is InChI=1S/C16H19N3O2/c20-16(21)12-8-6-11(7-9-12)10-13-4-2-1-3-5-14-15(13)18-19-17-14/h6-9,13H,1-5,10H2,(H,20,21)(H,17,18,19). The maximum absolute atomic E-state index is 10.9. The van der Waals surface area contributed by atoms with Crippen molar-refractivity contribution in [2.45, 2.75) is 44.4 Å². The Morgan fingerprint density at radius 2 is 2.00 bits per heavy atom. The highest BCUT2D eigenvalue weighted by Crippen LogP contribution is 2.30. The molecule has 0 saturated heterocycles. The Bertz CT molecular complexity index is 619. The number of carboxylic acid groups (broad SMARTS) is 1. The van der Waals surface area contributed by atoms with E-state index in [9.17, 15) is 4.79 Å². The summed E-state index contributed by atoms with van der Waals surface area (Å²) in [7, 11) is 0. The van der Waals surface area contributed by atoms with Gasteiger partial charge in [-0.25, -0.2) is 4.79 Å². The SMILES string of the molecule is O=C(O)c1ccc(CC2CCCCCc3n[nH]nc32)cc1. The maximum atomic E-state index is 10.9. The van der Waals surface area contributed by atoms with E-state index in [-0.39, 0.29) is 0 Å². The second kappa shape index (κ2) is 6.08. The molecule has 0 aliphatic heterocycles. The van der Waals surface area contributed by atoms with Crippen molar-refractivity contribution in [1.82, 2.24) is 15.4 Å². The first kappa shape index (κ1) is 13.8. The number of nitrogens with one attached hydrogen (secondary N) is 1. The Morgan fingerprint density at radius 3 is 2.76 bits per heavy atom. The van der Waals surface area contributed by atoms with Crippen LogP contribution in [0.5, 0.6) is 0 Å². The molecule has 2 aromatic rings. The summed E-state index contributed by atoms with van der Waals surface area (Å²) >= 11 is 0. The molecule has 1 aliphatic rings. The lowest BCUT2D eigenvalue weighted by Crippen LogP contribution is -2.09. The number of aryl methyl sites for hydroxylation is 1. The van der Waals surface area contributed by atoms with Crippen LogP contribution in [0.3, 0.4) is 0 Å². The van der Waals surface area contributed by atoms with Crippen LogP contribution in [0.1, 0.15) is 58.9 Å². The Hall–Kier alpha value is -2.17. The topological polar surface area (TPSA) is 78.9 Å². The van der Waals surface area contributed by atoms with Gasteiger partial charge in [0.2, 0.25) is 0 Å². The molecule has 3 rings (SSSR count). The van der Waals surface area contributed by atoms with Crippen LogP contribution in [0.25, 0.3) is 0 Å². The summed E-state index contributed by atoms with van der Waals surface area (Å²) in [6, 6.07) is 7.15. The van der Waals surface area contributed by atoms with Gasteiger partial charge in [-0.2, -0.15) is 15.4 Å². The average molecular weight is 285 g/mol. The second-order valence-electron chi connectivity index (χ2n) is 5.66. The maximum Gasteiger partial charge on any atom is 0.335 e. The molecule has 2 N–H and O–H groups in total. The van der Waals surface area contributed by atoms with Crippen molar-refractivity contribution in [3.8, 4) is 0 Å². The number of aromatic nitrogens is 3. The zero-order chi connectivity index (χ0) is 14.7. The van der Waals surface area contributed by atoms with Gasteiger partial charge in [0, 0.05) is 5.92 Å². The van der Waals surface area contributed by atoms with E-state index in [1.54, 1.807) is 12.1 Å². The number of benzene rings is 1. The minimum atomic E-state index is -0.883. The highest BCUT2D eigenvalue weighted by atomic mass is 16.4. The van der Waals surface area contributed by atoms with E-state index >= 15 is 0 Å². The molecule has 0 amide bonds. The first-order chi connectivity index (χ1) is 10.2. The molecular weight excluding hydrogens is 266 g/mol. The zero-order valence-electron chi connectivity index (χ0n) is 11.9. The quantitative estimate of drug-likeness (QED) is 0.908. The van der Waals surface area contributed by atoms with Gasteiger partial charge < -0.3 is 5.11 Å². The summed E-state index contributed by atoms with van der Waals surface area (Å²) in [6.07, 6.45) is 6.63. The van der Waals surface area contributed by atoms with E-state index in [1.807, 2.05) is 12.1 Å². The van der Waals surface area contributed by atoms with Crippen LogP contribution in [-0.4, -0.2) is 26.5 Å². The van der Waals surface area contributed by atoms with Gasteiger partial charge in [-0.1, -0.05) is 25.0 Å². The van der Waals surface area contributed by atoms with E-state index in [2.05, 4.69) is 15.4 Å². The number of hydrogen-bond donors (Lipinski definition) is 2. The highest BCUT2D eigenvalue weighted by Gasteiger charge is 2.21. The number of nitrogens with zero attached hydrogens (tertiary/aromatic N) is 2. The molecule has 5 nitrogen and oxygen atoms in total. The third kappa shape index (κ3) is 3.12. The molecule has 1 atom stereocenters. The van der Waals surface area contributed by atoms with Gasteiger partial charge in [-0.3, -0.25) is 0 Å². The van der Waals surface area contributed by atoms with E-state index < -0.39 is 5.97 Å². The molecule has 1 aromatic carbocycles. The molecule has 0 fully saturated rings. The van der Waals surface area contributed by atoms with Crippen molar-refractivity contribution in [2.24, 2.45) is 0 Å². The molecule has 1 unspecified atom stereocenters. The summed E-state index contributed by atoms with van der Waals surface area (Å²) in [5.74, 6) is -0.513. The smallest absolute Gasteiger partial charge is 0.335 e. The minimum Gasteiger partial charge on any atom is -0.478 e. The summed E-state index contributed by atoms with van der Waals surface area (Å²) in [5, 5.41) is 20.3. The molecule has 110 valence electrons. The molecule has 1 aromatic heterocycles. The summed E-state index contributed by atoms with van der Waals surface area (Å²) in [4.78, 5) is 10.9. The minimum absolute atomic E-state index is 0.332. The summed E-state index contributed by atoms with van der Waals surface area (Å²) in [6.45, 7) is 0. The first-order valence-electron chi connectivity index (χ1n) is 7.46. The van der Waals surface area contributed by atoms with E-state index in [4.69, 9.17) is 5.11 Å². The van der Waals surface area contributed by atoms with Crippen LogP contribution in [0.15, 0.2) is 24.3 Å². The molecule has 5 heteroatoms. The number of H-pyrrole nitrogens is 1. The number of hydrogen-bond acceptors (Lipinski definition) is 3. The molecule has 0 saturated carbocycles. The van der Waals surface area contributed by atoms with Crippen LogP contribution in [0, 0.1) is 0 Å². The number of aromatic carboxylic acids is 1. The van der Waals surface area contributed by atoms with E-state index in [0.29, 0.717) is 11.5 Å². The van der Waals surface area contributed by atoms with Crippen molar-refractivity contribution in [3.05, 3.63) is 46.8 Å². The third-order valence-electron chi connectivity index (χ3n) is 4.19. The fourth-order valence-corrected chi connectivity index (χ4v) is 3.04. The average Bonchev–Trinajstić information content (AvgIpc) is 2.91. The van der Waals surface area contributed by atoms with Crippen LogP contribution >= 0.6 is 0 Å². The lowest BCUT2D eigenvalue weighted by molar-refractivity contribution is 0.0697. The lowest BCUT2D eigenvalue weighted by atomic mass is 9.87. The van der Waals surface area contributed by atoms with Crippen LogP contribution < -0.4 is 0 Å². The van der Waals surface area contributed by atoms with Gasteiger partial charge in [0.05, 0.1) is 17.0 Å². The predicted molar refractivity (Wildman–Crippen MR) is 78.4 cm³/mol. The fraction of sp³-hybridized carbons (Fsp3) is 0.438. The van der Waals surface area contributed by atoms with Crippen molar-refractivity contribution < 1.29 is 9.90 Å². The Kier molecular flexibility index (Phi) is 3.99. The number of carboxylic acids is 1. The molecule has 21 heavy (non-hydrogen) atoms. The summed E-state index contributed by atoms with van der Waals surface area (Å²) in [5.41, 5.74) is 3.68. The van der Waals surface area contributed by atoms with Gasteiger partial charge in [0.15, 0.2) is 0 Å². The second-order valence-corrected chi connectivity index (χ2v) is 5.66. The highest BCUT2D eigenvalue weighted by molar-refractivity contribution is 5.87. The fourth-order valence-electron chi connectivity index (χ4n) is 3.04. The number of fused-ring (bicyclic) bond motifs is 1. The molecule has 1 heterocycles. The molecule has 0 spiro atoms. The third-order valence-corrected chi connectivity index (χ3v) is 4.19. The van der Waals surface area contributed by atoms with Gasteiger partial charge in [0.25, 0.3) is 0 Å². The molecule has 0 bridgehead atoms.